The minimum Gasteiger partial charge on any atom is -0.452 e. The molecule has 144 valence electrons. The molecule has 0 unspecified atom stereocenters. The van der Waals surface area contributed by atoms with Gasteiger partial charge in [-0.2, -0.15) is 5.10 Å². The van der Waals surface area contributed by atoms with Crippen molar-refractivity contribution in [3.05, 3.63) is 65.7 Å². The predicted molar refractivity (Wildman–Crippen MR) is 107 cm³/mol. The summed E-state index contributed by atoms with van der Waals surface area (Å²) >= 11 is 1.27. The van der Waals surface area contributed by atoms with Gasteiger partial charge in [0.1, 0.15) is 5.78 Å². The number of carbonyl (C=O) groups excluding carboxylic acids is 3. The first-order valence-electron chi connectivity index (χ1n) is 8.86. The fraction of sp³-hybridized carbons (Fsp3) is 0.238. The lowest BCUT2D eigenvalue weighted by Crippen LogP contribution is -2.28. The number of amides is 1. The van der Waals surface area contributed by atoms with Crippen LogP contribution in [-0.4, -0.2) is 47.3 Å². The molecule has 3 rings (SSSR count). The summed E-state index contributed by atoms with van der Waals surface area (Å²) in [5, 5.41) is 5.68. The first kappa shape index (κ1) is 19.8. The highest BCUT2D eigenvalue weighted by Gasteiger charge is 2.23. The van der Waals surface area contributed by atoms with Gasteiger partial charge < -0.3 is 4.74 Å². The van der Waals surface area contributed by atoms with Crippen LogP contribution >= 0.6 is 11.8 Å². The molecule has 7 heteroatoms. The standard InChI is InChI=1S/C21H20N2O4S/c1-15(24)14-28-19-10-6-5-9-17(19)21(26)27-13-20(25)23-12-11-18(22-23)16-7-3-2-4-8-16/h2-10H,11-14H2,1H3. The van der Waals surface area contributed by atoms with Gasteiger partial charge in [0.15, 0.2) is 6.61 Å². The van der Waals surface area contributed by atoms with Gasteiger partial charge in [-0.05, 0) is 24.6 Å². The van der Waals surface area contributed by atoms with Gasteiger partial charge in [-0.25, -0.2) is 9.80 Å². The topological polar surface area (TPSA) is 76.0 Å². The summed E-state index contributed by atoms with van der Waals surface area (Å²) in [5.41, 5.74) is 2.16. The molecular weight excluding hydrogens is 376 g/mol. The van der Waals surface area contributed by atoms with E-state index in [1.807, 2.05) is 30.3 Å². The molecule has 0 spiro atoms. The molecule has 0 aliphatic carbocycles. The number of ether oxygens (including phenoxy) is 1. The molecule has 1 amide bonds. The van der Waals surface area contributed by atoms with Gasteiger partial charge in [-0.3, -0.25) is 9.59 Å². The molecule has 0 aromatic heterocycles. The van der Waals surface area contributed by atoms with E-state index >= 15 is 0 Å². The third kappa shape index (κ3) is 5.07. The molecule has 28 heavy (non-hydrogen) atoms. The number of benzene rings is 2. The lowest BCUT2D eigenvalue weighted by atomic mass is 10.1. The van der Waals surface area contributed by atoms with Gasteiger partial charge in [0.05, 0.1) is 23.6 Å². The van der Waals surface area contributed by atoms with Crippen molar-refractivity contribution in [1.29, 1.82) is 0 Å². The largest absolute Gasteiger partial charge is 0.452 e. The van der Waals surface area contributed by atoms with Crippen molar-refractivity contribution in [1.82, 2.24) is 5.01 Å². The van der Waals surface area contributed by atoms with Crippen molar-refractivity contribution in [3.63, 3.8) is 0 Å². The maximum absolute atomic E-state index is 12.4. The summed E-state index contributed by atoms with van der Waals surface area (Å²) < 4.78 is 5.19. The Balaban J connectivity index is 1.59. The summed E-state index contributed by atoms with van der Waals surface area (Å²) in [6.07, 6.45) is 0.661. The maximum Gasteiger partial charge on any atom is 0.339 e. The van der Waals surface area contributed by atoms with Gasteiger partial charge in [-0.15, -0.1) is 11.8 Å². The second-order valence-corrected chi connectivity index (χ2v) is 7.26. The highest BCUT2D eigenvalue weighted by molar-refractivity contribution is 8.00. The molecule has 0 bridgehead atoms. The van der Waals surface area contributed by atoms with E-state index in [1.165, 1.54) is 23.7 Å². The summed E-state index contributed by atoms with van der Waals surface area (Å²) in [4.78, 5) is 36.6. The third-order valence-electron chi connectivity index (χ3n) is 4.06. The summed E-state index contributed by atoms with van der Waals surface area (Å²) in [7, 11) is 0. The second kappa shape index (κ2) is 9.32. The Hall–Kier alpha value is -2.93. The van der Waals surface area contributed by atoms with Crippen LogP contribution in [0.2, 0.25) is 0 Å². The lowest BCUT2D eigenvalue weighted by Gasteiger charge is -2.12. The Kier molecular flexibility index (Phi) is 6.60. The van der Waals surface area contributed by atoms with E-state index in [9.17, 15) is 14.4 Å². The molecule has 0 saturated carbocycles. The highest BCUT2D eigenvalue weighted by Crippen LogP contribution is 2.23. The van der Waals surface area contributed by atoms with E-state index in [2.05, 4.69) is 5.10 Å². The van der Waals surface area contributed by atoms with Crippen LogP contribution in [0.3, 0.4) is 0 Å². The molecule has 2 aromatic carbocycles. The average molecular weight is 396 g/mol. The first-order valence-corrected chi connectivity index (χ1v) is 9.85. The van der Waals surface area contributed by atoms with Crippen molar-refractivity contribution in [3.8, 4) is 0 Å². The number of thioether (sulfide) groups is 1. The highest BCUT2D eigenvalue weighted by atomic mass is 32.2. The van der Waals surface area contributed by atoms with Crippen LogP contribution in [0.5, 0.6) is 0 Å². The number of rotatable bonds is 7. The molecule has 0 radical (unpaired) electrons. The number of hydrogen-bond donors (Lipinski definition) is 0. The summed E-state index contributed by atoms with van der Waals surface area (Å²) in [5.74, 6) is -0.669. The molecule has 6 nitrogen and oxygen atoms in total. The molecule has 1 aliphatic heterocycles. The van der Waals surface area contributed by atoms with Crippen molar-refractivity contribution >= 4 is 35.1 Å². The van der Waals surface area contributed by atoms with E-state index in [0.29, 0.717) is 23.4 Å². The number of ketones is 1. The predicted octanol–water partition coefficient (Wildman–Crippen LogP) is 3.16. The smallest absolute Gasteiger partial charge is 0.339 e. The zero-order valence-corrected chi connectivity index (χ0v) is 16.3. The number of nitrogens with zero attached hydrogens (tertiary/aromatic N) is 2. The van der Waals surface area contributed by atoms with Gasteiger partial charge in [0, 0.05) is 11.3 Å². The van der Waals surface area contributed by atoms with Crippen LogP contribution < -0.4 is 0 Å². The van der Waals surface area contributed by atoms with E-state index in [1.54, 1.807) is 24.3 Å². The molecule has 1 heterocycles. The van der Waals surface area contributed by atoms with Crippen LogP contribution in [0.4, 0.5) is 0 Å². The second-order valence-electron chi connectivity index (χ2n) is 6.24. The number of hydrazone groups is 1. The number of carbonyl (C=O) groups is 3. The summed E-state index contributed by atoms with van der Waals surface area (Å²) in [6, 6.07) is 16.5. The first-order chi connectivity index (χ1) is 13.5. The van der Waals surface area contributed by atoms with Crippen LogP contribution in [0, 0.1) is 0 Å². The van der Waals surface area contributed by atoms with E-state index in [4.69, 9.17) is 4.74 Å². The van der Waals surface area contributed by atoms with Crippen LogP contribution in [-0.2, 0) is 14.3 Å². The third-order valence-corrected chi connectivity index (χ3v) is 5.28. The number of Topliss-reactive ketones (excluding diaryl/α,β-unsaturated/α-hetero) is 1. The minimum absolute atomic E-state index is 0.0180. The Morgan fingerprint density at radius 1 is 1.07 bits per heavy atom. The van der Waals surface area contributed by atoms with E-state index in [0.717, 1.165) is 11.3 Å². The quantitative estimate of drug-likeness (QED) is 0.531. The fourth-order valence-electron chi connectivity index (χ4n) is 2.69. The molecule has 0 fully saturated rings. The van der Waals surface area contributed by atoms with Crippen molar-refractivity contribution in [2.24, 2.45) is 5.10 Å². The SMILES string of the molecule is CC(=O)CSc1ccccc1C(=O)OCC(=O)N1CCC(c2ccccc2)=N1. The fourth-order valence-corrected chi connectivity index (χ4v) is 3.53. The van der Waals surface area contributed by atoms with Gasteiger partial charge >= 0.3 is 5.97 Å². The Bertz CT molecular complexity index is 912. The molecule has 0 atom stereocenters. The number of hydrogen-bond acceptors (Lipinski definition) is 6. The van der Waals surface area contributed by atoms with Gasteiger partial charge in [0.2, 0.25) is 0 Å². The van der Waals surface area contributed by atoms with Crippen LogP contribution in [0.25, 0.3) is 0 Å². The van der Waals surface area contributed by atoms with E-state index in [-0.39, 0.29) is 24.1 Å². The van der Waals surface area contributed by atoms with Crippen molar-refractivity contribution in [2.75, 3.05) is 18.9 Å². The Morgan fingerprint density at radius 2 is 1.79 bits per heavy atom. The average Bonchev–Trinajstić information content (AvgIpc) is 3.21. The monoisotopic (exact) mass is 396 g/mol. The zero-order valence-electron chi connectivity index (χ0n) is 15.5. The Labute approximate surface area is 167 Å². The molecule has 0 saturated heterocycles. The summed E-state index contributed by atoms with van der Waals surface area (Å²) in [6.45, 7) is 1.58. The van der Waals surface area contributed by atoms with Crippen LogP contribution in [0.1, 0.15) is 29.3 Å². The molecular formula is C21H20N2O4S. The van der Waals surface area contributed by atoms with E-state index < -0.39 is 5.97 Å². The number of esters is 1. The van der Waals surface area contributed by atoms with Crippen molar-refractivity contribution < 1.29 is 19.1 Å². The van der Waals surface area contributed by atoms with Gasteiger partial charge in [-0.1, -0.05) is 42.5 Å². The molecule has 0 N–H and O–H groups in total. The zero-order chi connectivity index (χ0) is 19.9. The van der Waals surface area contributed by atoms with Crippen molar-refractivity contribution in [2.45, 2.75) is 18.2 Å². The minimum atomic E-state index is -0.591. The Morgan fingerprint density at radius 3 is 2.54 bits per heavy atom. The van der Waals surface area contributed by atoms with Crippen LogP contribution in [0.15, 0.2) is 64.6 Å². The lowest BCUT2D eigenvalue weighted by molar-refractivity contribution is -0.134. The maximum atomic E-state index is 12.4. The molecule has 1 aliphatic rings. The normalized spacial score (nSPS) is 13.2. The molecule has 2 aromatic rings. The van der Waals surface area contributed by atoms with Gasteiger partial charge in [0.25, 0.3) is 5.91 Å².